The van der Waals surface area contributed by atoms with Crippen LogP contribution in [0.5, 0.6) is 17.2 Å². The highest BCUT2D eigenvalue weighted by molar-refractivity contribution is 6.35. The molecule has 0 radical (unpaired) electrons. The van der Waals surface area contributed by atoms with E-state index in [9.17, 15) is 9.59 Å². The summed E-state index contributed by atoms with van der Waals surface area (Å²) in [5, 5.41) is 0.911. The fraction of sp³-hybridized carbons (Fsp3) is 0.0833. The predicted octanol–water partition coefficient (Wildman–Crippen LogP) is 5.88. The van der Waals surface area contributed by atoms with Gasteiger partial charge in [-0.25, -0.2) is 0 Å². The highest BCUT2D eigenvalue weighted by Gasteiger charge is 2.28. The summed E-state index contributed by atoms with van der Waals surface area (Å²) in [5.74, 6) is 1.14. The molecule has 3 aromatic carbocycles. The maximum atomic E-state index is 12.6. The summed E-state index contributed by atoms with van der Waals surface area (Å²) in [6.07, 6.45) is 1.56. The van der Waals surface area contributed by atoms with E-state index in [1.165, 1.54) is 0 Å². The van der Waals surface area contributed by atoms with Gasteiger partial charge in [0.05, 0.1) is 12.7 Å². The van der Waals surface area contributed by atoms with Crippen molar-refractivity contribution in [1.29, 1.82) is 0 Å². The second-order valence-corrected chi connectivity index (χ2v) is 7.55. The van der Waals surface area contributed by atoms with E-state index in [1.807, 2.05) is 0 Å². The van der Waals surface area contributed by atoms with Crippen molar-refractivity contribution in [3.05, 3.63) is 93.2 Å². The molecule has 0 amide bonds. The zero-order valence-corrected chi connectivity index (χ0v) is 17.9. The summed E-state index contributed by atoms with van der Waals surface area (Å²) < 4.78 is 16.4. The van der Waals surface area contributed by atoms with Gasteiger partial charge in [0.25, 0.3) is 0 Å². The number of hydrogen-bond donors (Lipinski definition) is 0. The molecule has 156 valence electrons. The van der Waals surface area contributed by atoms with Gasteiger partial charge < -0.3 is 14.2 Å². The van der Waals surface area contributed by atoms with Gasteiger partial charge in [0, 0.05) is 21.7 Å². The Balaban J connectivity index is 1.46. The van der Waals surface area contributed by atoms with Gasteiger partial charge in [-0.05, 0) is 60.2 Å². The van der Waals surface area contributed by atoms with Gasteiger partial charge in [-0.3, -0.25) is 9.59 Å². The number of rotatable bonds is 6. The van der Waals surface area contributed by atoms with Gasteiger partial charge in [-0.2, -0.15) is 0 Å². The van der Waals surface area contributed by atoms with Gasteiger partial charge in [0.2, 0.25) is 5.78 Å². The van der Waals surface area contributed by atoms with Crippen molar-refractivity contribution >= 4 is 40.8 Å². The third-order valence-electron chi connectivity index (χ3n) is 4.67. The molecule has 5 nitrogen and oxygen atoms in total. The van der Waals surface area contributed by atoms with Crippen LogP contribution in [-0.2, 0) is 0 Å². The summed E-state index contributed by atoms with van der Waals surface area (Å²) in [6.45, 7) is -0.151. The van der Waals surface area contributed by atoms with Crippen molar-refractivity contribution in [3.63, 3.8) is 0 Å². The summed E-state index contributed by atoms with van der Waals surface area (Å²) >= 11 is 12.1. The van der Waals surface area contributed by atoms with E-state index >= 15 is 0 Å². The Morgan fingerprint density at radius 2 is 1.74 bits per heavy atom. The molecule has 0 bridgehead atoms. The number of ketones is 2. The van der Waals surface area contributed by atoms with Crippen LogP contribution in [-0.4, -0.2) is 25.3 Å². The number of halogens is 2. The highest BCUT2D eigenvalue weighted by Crippen LogP contribution is 2.35. The van der Waals surface area contributed by atoms with E-state index in [-0.39, 0.29) is 23.9 Å². The normalized spacial score (nSPS) is 13.6. The number of carbonyl (C=O) groups is 2. The number of allylic oxidation sites excluding steroid dienone is 1. The summed E-state index contributed by atoms with van der Waals surface area (Å²) in [7, 11) is 1.56. The number of Topliss-reactive ketones (excluding diaryl/α,β-unsaturated/α-hetero) is 2. The Morgan fingerprint density at radius 3 is 2.45 bits per heavy atom. The minimum atomic E-state index is -0.262. The number of carbonyl (C=O) groups excluding carboxylic acids is 2. The first-order chi connectivity index (χ1) is 14.9. The number of hydrogen-bond acceptors (Lipinski definition) is 5. The van der Waals surface area contributed by atoms with Crippen LogP contribution in [0.3, 0.4) is 0 Å². The smallest absolute Gasteiger partial charge is 0.231 e. The fourth-order valence-corrected chi connectivity index (χ4v) is 3.49. The molecule has 0 unspecified atom stereocenters. The molecule has 0 fully saturated rings. The maximum Gasteiger partial charge on any atom is 0.231 e. The highest BCUT2D eigenvalue weighted by atomic mass is 35.5. The Kier molecular flexibility index (Phi) is 5.98. The molecular formula is C24H16Cl2O5. The minimum absolute atomic E-state index is 0.144. The van der Waals surface area contributed by atoms with Crippen LogP contribution in [0.4, 0.5) is 0 Å². The van der Waals surface area contributed by atoms with E-state index in [2.05, 4.69) is 0 Å². The first-order valence-electron chi connectivity index (χ1n) is 9.28. The molecule has 7 heteroatoms. The zero-order chi connectivity index (χ0) is 22.0. The van der Waals surface area contributed by atoms with Crippen molar-refractivity contribution in [2.75, 3.05) is 13.7 Å². The van der Waals surface area contributed by atoms with E-state index in [4.69, 9.17) is 37.4 Å². The van der Waals surface area contributed by atoms with Crippen LogP contribution in [0.25, 0.3) is 6.08 Å². The lowest BCUT2D eigenvalue weighted by molar-refractivity contribution is 0.0920. The average Bonchev–Trinajstić information content (AvgIpc) is 3.08. The van der Waals surface area contributed by atoms with Crippen LogP contribution >= 0.6 is 23.2 Å². The van der Waals surface area contributed by atoms with Gasteiger partial charge >= 0.3 is 0 Å². The third-order valence-corrected chi connectivity index (χ3v) is 5.23. The molecule has 1 aliphatic heterocycles. The molecule has 0 atom stereocenters. The molecule has 0 aromatic heterocycles. The van der Waals surface area contributed by atoms with Crippen LogP contribution in [0.1, 0.15) is 26.3 Å². The van der Waals surface area contributed by atoms with Gasteiger partial charge in [-0.1, -0.05) is 29.3 Å². The van der Waals surface area contributed by atoms with Crippen LogP contribution in [0.2, 0.25) is 10.0 Å². The molecule has 1 aliphatic rings. The molecule has 31 heavy (non-hydrogen) atoms. The van der Waals surface area contributed by atoms with Crippen molar-refractivity contribution in [2.24, 2.45) is 0 Å². The Hall–Kier alpha value is -3.28. The second-order valence-electron chi connectivity index (χ2n) is 6.70. The molecular weight excluding hydrogens is 439 g/mol. The van der Waals surface area contributed by atoms with Crippen molar-refractivity contribution in [2.45, 2.75) is 0 Å². The van der Waals surface area contributed by atoms with Crippen molar-refractivity contribution < 1.29 is 23.8 Å². The summed E-state index contributed by atoms with van der Waals surface area (Å²) in [4.78, 5) is 25.0. The standard InChI is InChI=1S/C24H16Cl2O5/c1-29-17-6-3-14(4-7-17)21(27)13-30-18-8-9-19-22(12-18)31-23(24(19)28)10-15-2-5-16(25)11-20(15)26/h2-12H,13H2,1H3. The maximum absolute atomic E-state index is 12.6. The molecule has 0 saturated heterocycles. The van der Waals surface area contributed by atoms with Crippen molar-refractivity contribution in [1.82, 2.24) is 0 Å². The average molecular weight is 455 g/mol. The SMILES string of the molecule is COc1ccc(C(=O)COc2ccc3c(c2)OC(=Cc2ccc(Cl)cc2Cl)C3=O)cc1. The Bertz CT molecular complexity index is 1200. The third kappa shape index (κ3) is 4.58. The molecule has 0 N–H and O–H groups in total. The Labute approximate surface area is 188 Å². The Morgan fingerprint density at radius 1 is 1.00 bits per heavy atom. The minimum Gasteiger partial charge on any atom is -0.497 e. The van der Waals surface area contributed by atoms with E-state index in [0.29, 0.717) is 44.0 Å². The topological polar surface area (TPSA) is 61.8 Å². The number of ether oxygens (including phenoxy) is 3. The summed E-state index contributed by atoms with van der Waals surface area (Å²) in [5.41, 5.74) is 1.53. The monoisotopic (exact) mass is 454 g/mol. The quantitative estimate of drug-likeness (QED) is 0.343. The number of fused-ring (bicyclic) bond motifs is 1. The lowest BCUT2D eigenvalue weighted by Gasteiger charge is -2.07. The first kappa shape index (κ1) is 21.0. The fourth-order valence-electron chi connectivity index (χ4n) is 3.03. The molecule has 0 aliphatic carbocycles. The largest absolute Gasteiger partial charge is 0.497 e. The van der Waals surface area contributed by atoms with Crippen molar-refractivity contribution in [3.8, 4) is 17.2 Å². The predicted molar refractivity (Wildman–Crippen MR) is 119 cm³/mol. The molecule has 1 heterocycles. The number of benzene rings is 3. The molecule has 4 rings (SSSR count). The van der Waals surface area contributed by atoms with E-state index in [0.717, 1.165) is 0 Å². The van der Waals surface area contributed by atoms with Crippen LogP contribution < -0.4 is 14.2 Å². The molecule has 0 saturated carbocycles. The zero-order valence-electron chi connectivity index (χ0n) is 16.4. The van der Waals surface area contributed by atoms with Gasteiger partial charge in [0.1, 0.15) is 17.2 Å². The van der Waals surface area contributed by atoms with E-state index in [1.54, 1.807) is 73.8 Å². The first-order valence-corrected chi connectivity index (χ1v) is 10.0. The molecule has 0 spiro atoms. The summed E-state index contributed by atoms with van der Waals surface area (Å²) in [6, 6.07) is 16.6. The van der Waals surface area contributed by atoms with Crippen LogP contribution in [0, 0.1) is 0 Å². The molecule has 3 aromatic rings. The lowest BCUT2D eigenvalue weighted by atomic mass is 10.1. The van der Waals surface area contributed by atoms with E-state index < -0.39 is 0 Å². The van der Waals surface area contributed by atoms with Gasteiger partial charge in [0.15, 0.2) is 18.1 Å². The lowest BCUT2D eigenvalue weighted by Crippen LogP contribution is -2.11. The van der Waals surface area contributed by atoms with Gasteiger partial charge in [-0.15, -0.1) is 0 Å². The second kappa shape index (κ2) is 8.84. The number of methoxy groups -OCH3 is 1. The van der Waals surface area contributed by atoms with Crippen LogP contribution in [0.15, 0.2) is 66.4 Å².